The van der Waals surface area contributed by atoms with Crippen molar-refractivity contribution in [3.8, 4) is 0 Å². The summed E-state index contributed by atoms with van der Waals surface area (Å²) in [5.41, 5.74) is 0.685. The number of alkyl halides is 3. The second-order valence-electron chi connectivity index (χ2n) is 6.21. The SMILES string of the molecule is O=S(=O)(Cc1ccc(C(F)(F)F)cc1)N1CC[C@@H](c2ccccc2)C1. The third-order valence-electron chi connectivity index (χ3n) is 4.45. The van der Waals surface area contributed by atoms with E-state index in [2.05, 4.69) is 0 Å². The van der Waals surface area contributed by atoms with E-state index in [1.165, 1.54) is 16.4 Å². The maximum atomic E-state index is 12.6. The van der Waals surface area contributed by atoms with Crippen molar-refractivity contribution in [2.75, 3.05) is 13.1 Å². The van der Waals surface area contributed by atoms with Crippen LogP contribution in [0.1, 0.15) is 29.0 Å². The van der Waals surface area contributed by atoms with Crippen LogP contribution in [0.4, 0.5) is 13.2 Å². The molecule has 0 spiro atoms. The van der Waals surface area contributed by atoms with E-state index in [0.717, 1.165) is 24.1 Å². The van der Waals surface area contributed by atoms with Crippen LogP contribution in [0, 0.1) is 0 Å². The van der Waals surface area contributed by atoms with Gasteiger partial charge in [0.15, 0.2) is 0 Å². The van der Waals surface area contributed by atoms with Gasteiger partial charge in [0, 0.05) is 13.1 Å². The van der Waals surface area contributed by atoms with Gasteiger partial charge in [-0.05, 0) is 35.6 Å². The molecule has 0 N–H and O–H groups in total. The third-order valence-corrected chi connectivity index (χ3v) is 6.26. The molecule has 1 aliphatic heterocycles. The van der Waals surface area contributed by atoms with Crippen molar-refractivity contribution in [1.29, 1.82) is 0 Å². The molecule has 1 saturated heterocycles. The van der Waals surface area contributed by atoms with Gasteiger partial charge in [-0.25, -0.2) is 12.7 Å². The summed E-state index contributed by atoms with van der Waals surface area (Å²) in [5.74, 6) is -0.129. The number of hydrogen-bond donors (Lipinski definition) is 0. The molecule has 0 aliphatic carbocycles. The van der Waals surface area contributed by atoms with E-state index in [1.807, 2.05) is 30.3 Å². The maximum Gasteiger partial charge on any atom is 0.416 e. The third kappa shape index (κ3) is 4.22. The van der Waals surface area contributed by atoms with E-state index in [4.69, 9.17) is 0 Å². The Bertz CT molecular complexity index is 818. The first-order valence-electron chi connectivity index (χ1n) is 7.94. The standard InChI is InChI=1S/C18H18F3NO2S/c19-18(20,21)17-8-6-14(7-9-17)13-25(23,24)22-11-10-16(12-22)15-4-2-1-3-5-15/h1-9,16H,10-13H2/t16-/m1/s1. The molecule has 0 bridgehead atoms. The second kappa shape index (κ2) is 6.80. The van der Waals surface area contributed by atoms with Crippen LogP contribution in [0.25, 0.3) is 0 Å². The first-order chi connectivity index (χ1) is 11.8. The predicted octanol–water partition coefficient (Wildman–Crippen LogP) is 4.02. The normalized spacial score (nSPS) is 19.2. The van der Waals surface area contributed by atoms with Crippen molar-refractivity contribution >= 4 is 10.0 Å². The fourth-order valence-corrected chi connectivity index (χ4v) is 4.66. The van der Waals surface area contributed by atoms with E-state index in [9.17, 15) is 21.6 Å². The molecule has 3 nitrogen and oxygen atoms in total. The number of hydrogen-bond acceptors (Lipinski definition) is 2. The maximum absolute atomic E-state index is 12.6. The lowest BCUT2D eigenvalue weighted by Gasteiger charge is -2.17. The average Bonchev–Trinajstić information content (AvgIpc) is 3.06. The number of halogens is 3. The lowest BCUT2D eigenvalue weighted by Crippen LogP contribution is -2.29. The van der Waals surface area contributed by atoms with Gasteiger partial charge in [-0.3, -0.25) is 0 Å². The highest BCUT2D eigenvalue weighted by molar-refractivity contribution is 7.88. The molecule has 2 aromatic carbocycles. The lowest BCUT2D eigenvalue weighted by atomic mass is 9.99. The Morgan fingerprint density at radius 3 is 2.24 bits per heavy atom. The lowest BCUT2D eigenvalue weighted by molar-refractivity contribution is -0.137. The molecule has 1 fully saturated rings. The van der Waals surface area contributed by atoms with Crippen LogP contribution >= 0.6 is 0 Å². The summed E-state index contributed by atoms with van der Waals surface area (Å²) >= 11 is 0. The van der Waals surface area contributed by atoms with Gasteiger partial charge in [0.25, 0.3) is 0 Å². The molecule has 1 heterocycles. The van der Waals surface area contributed by atoms with Crippen LogP contribution < -0.4 is 0 Å². The van der Waals surface area contributed by atoms with Gasteiger partial charge >= 0.3 is 6.18 Å². The zero-order chi connectivity index (χ0) is 18.1. The van der Waals surface area contributed by atoms with Gasteiger partial charge in [-0.15, -0.1) is 0 Å². The van der Waals surface area contributed by atoms with Gasteiger partial charge in [0.1, 0.15) is 0 Å². The predicted molar refractivity (Wildman–Crippen MR) is 89.4 cm³/mol. The van der Waals surface area contributed by atoms with Crippen molar-refractivity contribution < 1.29 is 21.6 Å². The van der Waals surface area contributed by atoms with Crippen molar-refractivity contribution in [1.82, 2.24) is 4.31 Å². The van der Waals surface area contributed by atoms with Gasteiger partial charge in [-0.1, -0.05) is 42.5 Å². The molecular weight excluding hydrogens is 351 g/mol. The van der Waals surface area contributed by atoms with Crippen LogP contribution in [0.5, 0.6) is 0 Å². The summed E-state index contributed by atoms with van der Waals surface area (Å²) in [7, 11) is -3.55. The Hall–Kier alpha value is -1.86. The Balaban J connectivity index is 1.68. The number of rotatable bonds is 4. The molecule has 0 saturated carbocycles. The largest absolute Gasteiger partial charge is 0.416 e. The van der Waals surface area contributed by atoms with Crippen molar-refractivity contribution in [2.24, 2.45) is 0 Å². The summed E-state index contributed by atoms with van der Waals surface area (Å²) < 4.78 is 64.3. The highest BCUT2D eigenvalue weighted by Crippen LogP contribution is 2.31. The molecule has 3 rings (SSSR count). The number of benzene rings is 2. The highest BCUT2D eigenvalue weighted by atomic mass is 32.2. The Morgan fingerprint density at radius 1 is 1.00 bits per heavy atom. The minimum absolute atomic E-state index is 0.156. The van der Waals surface area contributed by atoms with Crippen LogP contribution in [0.3, 0.4) is 0 Å². The quantitative estimate of drug-likeness (QED) is 0.816. The van der Waals surface area contributed by atoms with Crippen molar-refractivity contribution in [3.05, 3.63) is 71.3 Å². The summed E-state index contributed by atoms with van der Waals surface area (Å²) in [6.07, 6.45) is -3.68. The molecule has 7 heteroatoms. The van der Waals surface area contributed by atoms with Gasteiger partial charge < -0.3 is 0 Å². The topological polar surface area (TPSA) is 37.4 Å². The van der Waals surface area contributed by atoms with Gasteiger partial charge in [0.05, 0.1) is 11.3 Å². The fourth-order valence-electron chi connectivity index (χ4n) is 3.07. The zero-order valence-corrected chi connectivity index (χ0v) is 14.2. The molecular formula is C18H18F3NO2S. The second-order valence-corrected chi connectivity index (χ2v) is 8.17. The smallest absolute Gasteiger partial charge is 0.212 e. The van der Waals surface area contributed by atoms with Crippen LogP contribution in [-0.2, 0) is 22.0 Å². The van der Waals surface area contributed by atoms with E-state index >= 15 is 0 Å². The molecule has 0 amide bonds. The summed E-state index contributed by atoms with van der Waals surface area (Å²) in [5, 5.41) is 0. The molecule has 25 heavy (non-hydrogen) atoms. The molecule has 0 unspecified atom stereocenters. The molecule has 1 aliphatic rings. The van der Waals surface area contributed by atoms with E-state index in [0.29, 0.717) is 18.7 Å². The van der Waals surface area contributed by atoms with Gasteiger partial charge in [-0.2, -0.15) is 13.2 Å². The minimum atomic E-state index is -4.42. The monoisotopic (exact) mass is 369 g/mol. The summed E-state index contributed by atoms with van der Waals surface area (Å²) in [6.45, 7) is 0.843. The first-order valence-corrected chi connectivity index (χ1v) is 9.55. The minimum Gasteiger partial charge on any atom is -0.212 e. The van der Waals surface area contributed by atoms with E-state index < -0.39 is 21.8 Å². The molecule has 0 radical (unpaired) electrons. The number of sulfonamides is 1. The van der Waals surface area contributed by atoms with Crippen LogP contribution in [0.15, 0.2) is 54.6 Å². The van der Waals surface area contributed by atoms with Gasteiger partial charge in [0.2, 0.25) is 10.0 Å². The van der Waals surface area contributed by atoms with Crippen LogP contribution in [0.2, 0.25) is 0 Å². The Labute approximate surface area is 145 Å². The Kier molecular flexibility index (Phi) is 4.88. The van der Waals surface area contributed by atoms with E-state index in [1.54, 1.807) is 0 Å². The summed E-state index contributed by atoms with van der Waals surface area (Å²) in [6, 6.07) is 14.0. The first kappa shape index (κ1) is 17.9. The molecule has 2 aromatic rings. The van der Waals surface area contributed by atoms with E-state index in [-0.39, 0.29) is 11.7 Å². The molecule has 134 valence electrons. The van der Waals surface area contributed by atoms with Crippen LogP contribution in [-0.4, -0.2) is 25.8 Å². The number of nitrogens with zero attached hydrogens (tertiary/aromatic N) is 1. The molecule has 0 aromatic heterocycles. The molecule has 1 atom stereocenters. The summed E-state index contributed by atoms with van der Waals surface area (Å²) in [4.78, 5) is 0. The fraction of sp³-hybridized carbons (Fsp3) is 0.333. The van der Waals surface area contributed by atoms with Crippen molar-refractivity contribution in [3.63, 3.8) is 0 Å². The Morgan fingerprint density at radius 2 is 1.64 bits per heavy atom. The highest BCUT2D eigenvalue weighted by Gasteiger charge is 2.33. The average molecular weight is 369 g/mol. The zero-order valence-electron chi connectivity index (χ0n) is 13.4. The van der Waals surface area contributed by atoms with Crippen molar-refractivity contribution in [2.45, 2.75) is 24.3 Å².